The predicted octanol–water partition coefficient (Wildman–Crippen LogP) is 2.72. The summed E-state index contributed by atoms with van der Waals surface area (Å²) in [6.07, 6.45) is 6.06. The molecule has 2 saturated heterocycles. The fourth-order valence-corrected chi connectivity index (χ4v) is 4.09. The van der Waals surface area contributed by atoms with E-state index in [0.29, 0.717) is 19.0 Å². The molecule has 0 bridgehead atoms. The maximum atomic E-state index is 12.6. The Hall–Kier alpha value is -1.59. The van der Waals surface area contributed by atoms with E-state index in [-0.39, 0.29) is 11.8 Å². The summed E-state index contributed by atoms with van der Waals surface area (Å²) >= 11 is 5.88. The molecule has 0 radical (unpaired) electrons. The van der Waals surface area contributed by atoms with E-state index in [9.17, 15) is 9.59 Å². The van der Waals surface area contributed by atoms with Crippen LogP contribution in [0.4, 0.5) is 0 Å². The van der Waals surface area contributed by atoms with E-state index in [2.05, 4.69) is 10.2 Å². The summed E-state index contributed by atoms with van der Waals surface area (Å²) in [5.41, 5.74) is 1.16. The lowest BCUT2D eigenvalue weighted by Gasteiger charge is -2.35. The average molecular weight is 392 g/mol. The number of amides is 2. The van der Waals surface area contributed by atoms with Gasteiger partial charge in [0, 0.05) is 30.6 Å². The van der Waals surface area contributed by atoms with Gasteiger partial charge in [-0.05, 0) is 69.3 Å². The summed E-state index contributed by atoms with van der Waals surface area (Å²) in [7, 11) is 0. The Labute approximate surface area is 167 Å². The van der Waals surface area contributed by atoms with Crippen molar-refractivity contribution in [3.05, 3.63) is 34.9 Å². The Morgan fingerprint density at radius 3 is 2.33 bits per heavy atom. The third-order valence-electron chi connectivity index (χ3n) is 5.62. The molecule has 0 spiro atoms. The zero-order chi connectivity index (χ0) is 19.1. The number of hydrogen-bond acceptors (Lipinski definition) is 3. The number of nitrogens with zero attached hydrogens (tertiary/aromatic N) is 2. The molecule has 5 nitrogen and oxygen atoms in total. The molecule has 6 heteroatoms. The Kier molecular flexibility index (Phi) is 7.53. The summed E-state index contributed by atoms with van der Waals surface area (Å²) in [6.45, 7) is 4.56. The van der Waals surface area contributed by atoms with E-state index in [1.165, 1.54) is 6.42 Å². The SMILES string of the molecule is O=C(CN1CCC(C(=O)N2CCCCC2)CC1)NCCc1ccc(Cl)cc1. The standard InChI is InChI=1S/C21H30ClN3O2/c22-19-6-4-17(5-7-19)8-11-23-20(26)16-24-14-9-18(10-15-24)21(27)25-12-2-1-3-13-25/h4-7,18H,1-3,8-16H2,(H,23,26). The molecule has 2 amide bonds. The summed E-state index contributed by atoms with van der Waals surface area (Å²) in [5, 5.41) is 3.72. The van der Waals surface area contributed by atoms with Crippen molar-refractivity contribution in [2.45, 2.75) is 38.5 Å². The highest BCUT2D eigenvalue weighted by molar-refractivity contribution is 6.30. The molecule has 148 valence electrons. The number of hydrogen-bond donors (Lipinski definition) is 1. The average Bonchev–Trinajstić information content (AvgIpc) is 2.70. The summed E-state index contributed by atoms with van der Waals surface area (Å²) in [5.74, 6) is 0.541. The van der Waals surface area contributed by atoms with E-state index >= 15 is 0 Å². The second-order valence-corrected chi connectivity index (χ2v) is 8.10. The molecule has 2 fully saturated rings. The van der Waals surface area contributed by atoms with Gasteiger partial charge in [-0.2, -0.15) is 0 Å². The second kappa shape index (κ2) is 10.1. The molecule has 1 aromatic carbocycles. The number of carbonyl (C=O) groups is 2. The van der Waals surface area contributed by atoms with Gasteiger partial charge in [0.1, 0.15) is 0 Å². The fourth-order valence-electron chi connectivity index (χ4n) is 3.97. The number of carbonyl (C=O) groups excluding carboxylic acids is 2. The maximum Gasteiger partial charge on any atom is 0.234 e. The van der Waals surface area contributed by atoms with Gasteiger partial charge in [0.25, 0.3) is 0 Å². The maximum absolute atomic E-state index is 12.6. The summed E-state index contributed by atoms with van der Waals surface area (Å²) in [4.78, 5) is 29.0. The van der Waals surface area contributed by atoms with Gasteiger partial charge in [-0.15, -0.1) is 0 Å². The zero-order valence-electron chi connectivity index (χ0n) is 16.0. The monoisotopic (exact) mass is 391 g/mol. The van der Waals surface area contributed by atoms with E-state index < -0.39 is 0 Å². The quantitative estimate of drug-likeness (QED) is 0.811. The van der Waals surface area contributed by atoms with Crippen molar-refractivity contribution in [1.82, 2.24) is 15.1 Å². The summed E-state index contributed by atoms with van der Waals surface area (Å²) in [6, 6.07) is 7.71. The number of benzene rings is 1. The van der Waals surface area contributed by atoms with Crippen LogP contribution in [0, 0.1) is 5.92 Å². The molecule has 2 heterocycles. The minimum Gasteiger partial charge on any atom is -0.355 e. The molecule has 27 heavy (non-hydrogen) atoms. The van der Waals surface area contributed by atoms with Crippen molar-refractivity contribution in [1.29, 1.82) is 0 Å². The number of nitrogens with one attached hydrogen (secondary N) is 1. The lowest BCUT2D eigenvalue weighted by Crippen LogP contribution is -2.46. The van der Waals surface area contributed by atoms with Crippen molar-refractivity contribution >= 4 is 23.4 Å². The molecule has 3 rings (SSSR count). The van der Waals surface area contributed by atoms with Crippen molar-refractivity contribution in [2.75, 3.05) is 39.3 Å². The molecule has 0 atom stereocenters. The van der Waals surface area contributed by atoms with Gasteiger partial charge < -0.3 is 10.2 Å². The van der Waals surface area contributed by atoms with Gasteiger partial charge in [-0.25, -0.2) is 0 Å². The summed E-state index contributed by atoms with van der Waals surface area (Å²) < 4.78 is 0. The molecular formula is C21H30ClN3O2. The van der Waals surface area contributed by atoms with Crippen molar-refractivity contribution < 1.29 is 9.59 Å². The van der Waals surface area contributed by atoms with Gasteiger partial charge in [0.15, 0.2) is 0 Å². The number of likely N-dealkylation sites (tertiary alicyclic amines) is 2. The second-order valence-electron chi connectivity index (χ2n) is 7.66. The molecule has 1 N–H and O–H groups in total. The third kappa shape index (κ3) is 6.22. The number of halogens is 1. The van der Waals surface area contributed by atoms with Gasteiger partial charge in [-0.3, -0.25) is 14.5 Å². The predicted molar refractivity (Wildman–Crippen MR) is 108 cm³/mol. The first-order chi connectivity index (χ1) is 13.1. The van der Waals surface area contributed by atoms with Crippen LogP contribution >= 0.6 is 11.6 Å². The van der Waals surface area contributed by atoms with E-state index in [4.69, 9.17) is 11.6 Å². The lowest BCUT2D eigenvalue weighted by atomic mass is 9.94. The smallest absolute Gasteiger partial charge is 0.234 e. The minimum atomic E-state index is 0.0600. The Morgan fingerprint density at radius 1 is 1.00 bits per heavy atom. The normalized spacial score (nSPS) is 19.1. The van der Waals surface area contributed by atoms with Crippen molar-refractivity contribution in [3.63, 3.8) is 0 Å². The molecule has 2 aliphatic heterocycles. The first-order valence-electron chi connectivity index (χ1n) is 10.1. The van der Waals surface area contributed by atoms with E-state index in [1.54, 1.807) is 0 Å². The Morgan fingerprint density at radius 2 is 1.67 bits per heavy atom. The Bertz CT molecular complexity index is 621. The van der Waals surface area contributed by atoms with Crippen LogP contribution in [0.2, 0.25) is 5.02 Å². The van der Waals surface area contributed by atoms with Gasteiger partial charge in [0.05, 0.1) is 6.54 Å². The van der Waals surface area contributed by atoms with Gasteiger partial charge in [0.2, 0.25) is 11.8 Å². The lowest BCUT2D eigenvalue weighted by molar-refractivity contribution is -0.138. The highest BCUT2D eigenvalue weighted by Gasteiger charge is 2.29. The minimum absolute atomic E-state index is 0.0600. The molecular weight excluding hydrogens is 362 g/mol. The van der Waals surface area contributed by atoms with E-state index in [0.717, 1.165) is 68.9 Å². The van der Waals surface area contributed by atoms with Crippen molar-refractivity contribution in [3.8, 4) is 0 Å². The highest BCUT2D eigenvalue weighted by atomic mass is 35.5. The van der Waals surface area contributed by atoms with Crippen LogP contribution < -0.4 is 5.32 Å². The number of piperidine rings is 2. The van der Waals surface area contributed by atoms with Crippen LogP contribution in [0.15, 0.2) is 24.3 Å². The zero-order valence-corrected chi connectivity index (χ0v) is 16.7. The molecule has 0 saturated carbocycles. The first kappa shape index (κ1) is 20.2. The third-order valence-corrected chi connectivity index (χ3v) is 5.87. The van der Waals surface area contributed by atoms with Crippen LogP contribution in [0.5, 0.6) is 0 Å². The van der Waals surface area contributed by atoms with Gasteiger partial charge in [-0.1, -0.05) is 23.7 Å². The van der Waals surface area contributed by atoms with Gasteiger partial charge >= 0.3 is 0 Å². The van der Waals surface area contributed by atoms with Crippen LogP contribution in [0.1, 0.15) is 37.7 Å². The fraction of sp³-hybridized carbons (Fsp3) is 0.619. The molecule has 0 aliphatic carbocycles. The molecule has 2 aliphatic rings. The largest absolute Gasteiger partial charge is 0.355 e. The molecule has 1 aromatic rings. The molecule has 0 unspecified atom stereocenters. The first-order valence-corrected chi connectivity index (χ1v) is 10.5. The highest BCUT2D eigenvalue weighted by Crippen LogP contribution is 2.21. The van der Waals surface area contributed by atoms with Crippen LogP contribution in [0.25, 0.3) is 0 Å². The topological polar surface area (TPSA) is 52.7 Å². The van der Waals surface area contributed by atoms with E-state index in [1.807, 2.05) is 29.2 Å². The van der Waals surface area contributed by atoms with Crippen molar-refractivity contribution in [2.24, 2.45) is 5.92 Å². The van der Waals surface area contributed by atoms with Crippen LogP contribution in [-0.4, -0.2) is 60.9 Å². The van der Waals surface area contributed by atoms with Crippen LogP contribution in [-0.2, 0) is 16.0 Å². The Balaban J connectivity index is 1.33. The number of rotatable bonds is 6. The molecule has 0 aromatic heterocycles. The van der Waals surface area contributed by atoms with Crippen LogP contribution in [0.3, 0.4) is 0 Å².